The van der Waals surface area contributed by atoms with Crippen molar-refractivity contribution < 1.29 is 22.5 Å². The molecule has 0 bridgehead atoms. The summed E-state index contributed by atoms with van der Waals surface area (Å²) in [5.41, 5.74) is 2.99. The number of fused-ring (bicyclic) bond motifs is 2. The quantitative estimate of drug-likeness (QED) is 0.155. The van der Waals surface area contributed by atoms with Crippen molar-refractivity contribution in [1.82, 2.24) is 0 Å². The Kier molecular flexibility index (Phi) is 4.67. The number of nitrogen functional groups attached to an aromatic ring is 1. The predicted octanol–water partition coefficient (Wildman–Crippen LogP) is 3.74. The fourth-order valence-corrected chi connectivity index (χ4v) is 4.15. The van der Waals surface area contributed by atoms with Crippen molar-refractivity contribution in [2.24, 2.45) is 5.84 Å². The number of nitrogens with two attached hydrogens (primary N) is 1. The van der Waals surface area contributed by atoms with Crippen LogP contribution in [-0.2, 0) is 10.1 Å². The lowest BCUT2D eigenvalue weighted by Crippen LogP contribution is -2.17. The van der Waals surface area contributed by atoms with Gasteiger partial charge in [-0.2, -0.15) is 8.42 Å². The van der Waals surface area contributed by atoms with E-state index in [1.165, 1.54) is 18.2 Å². The second-order valence-corrected chi connectivity index (χ2v) is 7.69. The molecule has 29 heavy (non-hydrogen) atoms. The zero-order valence-corrected chi connectivity index (χ0v) is 15.8. The monoisotopic (exact) mass is 408 g/mol. The van der Waals surface area contributed by atoms with Gasteiger partial charge >= 0.3 is 5.97 Å². The van der Waals surface area contributed by atoms with E-state index in [9.17, 15) is 17.8 Å². The molecule has 0 aliphatic heterocycles. The van der Waals surface area contributed by atoms with Crippen LogP contribution in [0.4, 0.5) is 5.69 Å². The van der Waals surface area contributed by atoms with E-state index in [0.717, 1.165) is 5.39 Å². The van der Waals surface area contributed by atoms with Gasteiger partial charge in [-0.3, -0.25) is 10.4 Å². The van der Waals surface area contributed by atoms with Crippen molar-refractivity contribution in [3.63, 3.8) is 0 Å². The van der Waals surface area contributed by atoms with Crippen molar-refractivity contribution in [3.8, 4) is 5.75 Å². The molecular weight excluding hydrogens is 392 g/mol. The Balaban J connectivity index is 1.84. The van der Waals surface area contributed by atoms with Gasteiger partial charge < -0.3 is 10.2 Å². The molecule has 0 amide bonds. The van der Waals surface area contributed by atoms with Crippen LogP contribution in [-0.4, -0.2) is 18.9 Å². The third-order valence-electron chi connectivity index (χ3n) is 4.60. The average molecular weight is 408 g/mol. The van der Waals surface area contributed by atoms with E-state index in [4.69, 9.17) is 10.6 Å². The number of ether oxygens (including phenoxy) is 1. The molecule has 146 valence electrons. The van der Waals surface area contributed by atoms with Gasteiger partial charge in [0.2, 0.25) is 0 Å². The van der Waals surface area contributed by atoms with Crippen LogP contribution in [0.5, 0.6) is 5.75 Å². The normalized spacial score (nSPS) is 11.5. The molecule has 0 aliphatic rings. The number of benzene rings is 4. The number of nitrogens with one attached hydrogen (secondary N) is 1. The van der Waals surface area contributed by atoms with Gasteiger partial charge in [0, 0.05) is 10.8 Å². The first-order valence-electron chi connectivity index (χ1n) is 8.60. The molecule has 7 nitrogen and oxygen atoms in total. The molecule has 0 atom stereocenters. The summed E-state index contributed by atoms with van der Waals surface area (Å²) in [5.74, 6) is 4.54. The minimum atomic E-state index is -4.66. The third kappa shape index (κ3) is 3.40. The maximum Gasteiger partial charge on any atom is 0.345 e. The van der Waals surface area contributed by atoms with Gasteiger partial charge in [-0.05, 0) is 22.9 Å². The van der Waals surface area contributed by atoms with Crippen LogP contribution in [0.1, 0.15) is 10.4 Å². The van der Waals surface area contributed by atoms with Gasteiger partial charge in [-0.25, -0.2) is 4.79 Å². The number of hydrogen-bond acceptors (Lipinski definition) is 6. The van der Waals surface area contributed by atoms with Crippen LogP contribution in [0.15, 0.2) is 77.7 Å². The second-order valence-electron chi connectivity index (χ2n) is 6.33. The summed E-state index contributed by atoms with van der Waals surface area (Å²) in [5, 5.41) is 2.39. The smallest absolute Gasteiger partial charge is 0.345 e. The van der Waals surface area contributed by atoms with E-state index in [1.54, 1.807) is 42.5 Å². The zero-order chi connectivity index (χ0) is 20.6. The lowest BCUT2D eigenvalue weighted by Gasteiger charge is -2.14. The molecule has 0 unspecified atom stereocenters. The van der Waals surface area contributed by atoms with E-state index in [1.807, 2.05) is 12.1 Å². The van der Waals surface area contributed by atoms with Crippen LogP contribution in [0.2, 0.25) is 0 Å². The van der Waals surface area contributed by atoms with Crippen LogP contribution in [0.3, 0.4) is 0 Å². The first-order chi connectivity index (χ1) is 13.9. The third-order valence-corrected chi connectivity index (χ3v) is 5.53. The number of esters is 1. The number of carbonyl (C=O) groups is 1. The van der Waals surface area contributed by atoms with Gasteiger partial charge in [0.1, 0.15) is 4.90 Å². The number of rotatable bonds is 4. The lowest BCUT2D eigenvalue weighted by atomic mass is 10.0. The molecule has 4 N–H and O–H groups in total. The number of hydrogen-bond donors (Lipinski definition) is 3. The van der Waals surface area contributed by atoms with E-state index in [0.29, 0.717) is 16.5 Å². The summed E-state index contributed by atoms with van der Waals surface area (Å²) in [6.45, 7) is 0. The summed E-state index contributed by atoms with van der Waals surface area (Å²) in [7, 11) is -4.66. The molecule has 0 saturated carbocycles. The molecule has 0 heterocycles. The Hall–Kier alpha value is -3.46. The molecule has 0 spiro atoms. The van der Waals surface area contributed by atoms with Crippen molar-refractivity contribution >= 4 is 43.3 Å². The van der Waals surface area contributed by atoms with Gasteiger partial charge in [0.25, 0.3) is 10.1 Å². The maximum absolute atomic E-state index is 12.9. The molecule has 0 aromatic heterocycles. The van der Waals surface area contributed by atoms with Gasteiger partial charge in [0.05, 0.1) is 11.3 Å². The highest BCUT2D eigenvalue weighted by molar-refractivity contribution is 7.86. The molecule has 0 aliphatic carbocycles. The van der Waals surface area contributed by atoms with Crippen molar-refractivity contribution in [2.75, 3.05) is 5.43 Å². The standard InChI is InChI=1S/C21H16N2O5S/c22-23-19-15-7-3-1-5-13(15)9-11-17(19)21(24)28-18-12-10-14-6-2-4-8-16(14)20(18)29(25,26)27/h1-12,23H,22H2,(H,25,26,27). The SMILES string of the molecule is NNc1c(C(=O)Oc2ccc3ccccc3c2S(=O)(=O)O)ccc2ccccc12. The van der Waals surface area contributed by atoms with Crippen LogP contribution in [0.25, 0.3) is 21.5 Å². The van der Waals surface area contributed by atoms with Crippen LogP contribution >= 0.6 is 0 Å². The highest BCUT2D eigenvalue weighted by atomic mass is 32.2. The highest BCUT2D eigenvalue weighted by Gasteiger charge is 2.24. The minimum absolute atomic E-state index is 0.126. The van der Waals surface area contributed by atoms with Gasteiger partial charge in [-0.1, -0.05) is 60.7 Å². The van der Waals surface area contributed by atoms with Crippen LogP contribution < -0.4 is 16.0 Å². The highest BCUT2D eigenvalue weighted by Crippen LogP contribution is 2.34. The Labute approximate surface area is 166 Å². The van der Waals surface area contributed by atoms with E-state index >= 15 is 0 Å². The average Bonchev–Trinajstić information content (AvgIpc) is 2.71. The summed E-state index contributed by atoms with van der Waals surface area (Å²) in [4.78, 5) is 12.4. The molecule has 4 aromatic rings. The van der Waals surface area contributed by atoms with Crippen LogP contribution in [0, 0.1) is 0 Å². The van der Waals surface area contributed by atoms with Gasteiger partial charge in [-0.15, -0.1) is 0 Å². The lowest BCUT2D eigenvalue weighted by molar-refractivity contribution is 0.0731. The molecular formula is C21H16N2O5S. The topological polar surface area (TPSA) is 119 Å². The molecule has 8 heteroatoms. The largest absolute Gasteiger partial charge is 0.421 e. The Bertz CT molecular complexity index is 1370. The van der Waals surface area contributed by atoms with Crippen molar-refractivity contribution in [1.29, 1.82) is 0 Å². The number of anilines is 1. The predicted molar refractivity (Wildman–Crippen MR) is 110 cm³/mol. The van der Waals surface area contributed by atoms with E-state index in [-0.39, 0.29) is 16.7 Å². The zero-order valence-electron chi connectivity index (χ0n) is 15.0. The summed E-state index contributed by atoms with van der Waals surface area (Å²) < 4.78 is 39.2. The fourth-order valence-electron chi connectivity index (χ4n) is 3.32. The molecule has 4 rings (SSSR count). The molecule has 0 saturated heterocycles. The molecule has 0 radical (unpaired) electrons. The van der Waals surface area contributed by atoms with Crippen molar-refractivity contribution in [3.05, 3.63) is 78.4 Å². The first-order valence-corrected chi connectivity index (χ1v) is 10.0. The van der Waals surface area contributed by atoms with E-state index in [2.05, 4.69) is 5.43 Å². The molecule has 0 fully saturated rings. The maximum atomic E-state index is 12.9. The minimum Gasteiger partial charge on any atom is -0.421 e. The van der Waals surface area contributed by atoms with Gasteiger partial charge in [0.15, 0.2) is 5.75 Å². The first kappa shape index (κ1) is 18.9. The van der Waals surface area contributed by atoms with Crippen molar-refractivity contribution in [2.45, 2.75) is 4.90 Å². The summed E-state index contributed by atoms with van der Waals surface area (Å²) in [6.07, 6.45) is 0. The van der Waals surface area contributed by atoms with E-state index < -0.39 is 21.0 Å². The fraction of sp³-hybridized carbons (Fsp3) is 0. The Morgan fingerprint density at radius 3 is 2.10 bits per heavy atom. The summed E-state index contributed by atoms with van der Waals surface area (Å²) >= 11 is 0. The Morgan fingerprint density at radius 2 is 1.45 bits per heavy atom. The number of carbonyl (C=O) groups excluding carboxylic acids is 1. The Morgan fingerprint density at radius 1 is 0.862 bits per heavy atom. The molecule has 4 aromatic carbocycles. The summed E-state index contributed by atoms with van der Waals surface area (Å²) in [6, 6.07) is 20.1. The second kappa shape index (κ2) is 7.17. The number of hydrazine groups is 1.